The zero-order valence-corrected chi connectivity index (χ0v) is 20.1. The van der Waals surface area contributed by atoms with Gasteiger partial charge in [-0.2, -0.15) is 0 Å². The summed E-state index contributed by atoms with van der Waals surface area (Å²) in [5.41, 5.74) is 4.48. The highest BCUT2D eigenvalue weighted by molar-refractivity contribution is 8.15. The number of halogens is 1. The van der Waals surface area contributed by atoms with Gasteiger partial charge in [0, 0.05) is 23.7 Å². The highest BCUT2D eigenvalue weighted by Gasteiger charge is 2.39. The van der Waals surface area contributed by atoms with Crippen LogP contribution in [0.4, 0.5) is 11.4 Å². The van der Waals surface area contributed by atoms with Crippen LogP contribution in [-0.2, 0) is 9.59 Å². The van der Waals surface area contributed by atoms with Gasteiger partial charge in [0.2, 0.25) is 11.8 Å². The fourth-order valence-electron chi connectivity index (χ4n) is 3.31. The maximum atomic E-state index is 13.1. The second kappa shape index (κ2) is 9.88. The van der Waals surface area contributed by atoms with Gasteiger partial charge >= 0.3 is 0 Å². The molecule has 0 bridgehead atoms. The number of carbonyl (C=O) groups excluding carboxylic acids is 2. The van der Waals surface area contributed by atoms with Crippen molar-refractivity contribution in [2.24, 2.45) is 10.9 Å². The molecular formula is C24H28ClN3O2S. The van der Waals surface area contributed by atoms with Crippen LogP contribution in [0.3, 0.4) is 0 Å². The van der Waals surface area contributed by atoms with Crippen molar-refractivity contribution in [2.45, 2.75) is 46.3 Å². The number of hydrogen-bond donors (Lipinski definition) is 1. The highest BCUT2D eigenvalue weighted by Crippen LogP contribution is 2.34. The van der Waals surface area contributed by atoms with Crippen LogP contribution in [0.1, 0.15) is 37.0 Å². The van der Waals surface area contributed by atoms with Crippen LogP contribution < -0.4 is 5.32 Å². The largest absolute Gasteiger partial charge is 0.326 e. The van der Waals surface area contributed by atoms with E-state index in [0.29, 0.717) is 22.4 Å². The Hall–Kier alpha value is -2.31. The Morgan fingerprint density at radius 3 is 2.68 bits per heavy atom. The van der Waals surface area contributed by atoms with Gasteiger partial charge in [-0.25, -0.2) is 4.99 Å². The molecule has 1 atom stereocenters. The third-order valence-electron chi connectivity index (χ3n) is 5.06. The topological polar surface area (TPSA) is 61.8 Å². The molecule has 0 aromatic heterocycles. The molecule has 1 aliphatic heterocycles. The summed E-state index contributed by atoms with van der Waals surface area (Å²) in [4.78, 5) is 32.3. The van der Waals surface area contributed by atoms with Crippen molar-refractivity contribution >= 4 is 51.7 Å². The van der Waals surface area contributed by atoms with Crippen molar-refractivity contribution in [2.75, 3.05) is 11.9 Å². The molecule has 0 aliphatic carbocycles. The third kappa shape index (κ3) is 5.69. The van der Waals surface area contributed by atoms with E-state index in [1.807, 2.05) is 39.0 Å². The Kier molecular flexibility index (Phi) is 7.44. The normalized spacial score (nSPS) is 17.6. The van der Waals surface area contributed by atoms with E-state index >= 15 is 0 Å². The van der Waals surface area contributed by atoms with Gasteiger partial charge in [-0.1, -0.05) is 55.4 Å². The number of anilines is 1. The lowest BCUT2D eigenvalue weighted by Gasteiger charge is -2.19. The fourth-order valence-corrected chi connectivity index (χ4v) is 4.65. The minimum absolute atomic E-state index is 0.0688. The minimum Gasteiger partial charge on any atom is -0.326 e. The van der Waals surface area contributed by atoms with Crippen LogP contribution in [0.15, 0.2) is 41.4 Å². The monoisotopic (exact) mass is 457 g/mol. The van der Waals surface area contributed by atoms with Crippen molar-refractivity contribution < 1.29 is 9.59 Å². The summed E-state index contributed by atoms with van der Waals surface area (Å²) in [6.07, 6.45) is 0.0792. The van der Waals surface area contributed by atoms with Gasteiger partial charge in [0.25, 0.3) is 0 Å². The number of nitrogens with one attached hydrogen (secondary N) is 1. The quantitative estimate of drug-likeness (QED) is 0.589. The lowest BCUT2D eigenvalue weighted by molar-refractivity contribution is -0.128. The lowest BCUT2D eigenvalue weighted by atomic mass is 10.1. The molecule has 0 saturated carbocycles. The minimum atomic E-state index is -0.498. The number of nitrogens with zero attached hydrogens (tertiary/aromatic N) is 2. The van der Waals surface area contributed by atoms with Crippen molar-refractivity contribution in [3.8, 4) is 0 Å². The lowest BCUT2D eigenvalue weighted by Crippen LogP contribution is -2.36. The SMILES string of the molecule is Cc1ccc(C)c(N=C2SC(CC(=O)Nc3cccc(Cl)c3C)C(=O)N2CC(C)C)c1. The maximum absolute atomic E-state index is 13.1. The van der Waals surface area contributed by atoms with Gasteiger partial charge in [0.15, 0.2) is 5.17 Å². The number of aryl methyl sites for hydroxylation is 2. The molecule has 2 amide bonds. The molecule has 5 nitrogen and oxygen atoms in total. The molecule has 7 heteroatoms. The molecule has 2 aromatic carbocycles. The summed E-state index contributed by atoms with van der Waals surface area (Å²) in [6.45, 7) is 10.6. The van der Waals surface area contributed by atoms with Gasteiger partial charge < -0.3 is 5.32 Å². The number of rotatable bonds is 6. The Balaban J connectivity index is 1.81. The predicted molar refractivity (Wildman–Crippen MR) is 130 cm³/mol. The molecule has 1 heterocycles. The first-order chi connectivity index (χ1) is 14.7. The second-order valence-electron chi connectivity index (χ2n) is 8.30. The van der Waals surface area contributed by atoms with Gasteiger partial charge in [-0.15, -0.1) is 0 Å². The van der Waals surface area contributed by atoms with Gasteiger partial charge in [-0.05, 0) is 61.6 Å². The number of amidine groups is 1. The summed E-state index contributed by atoms with van der Waals surface area (Å²) in [6, 6.07) is 11.5. The van der Waals surface area contributed by atoms with Crippen molar-refractivity contribution in [1.82, 2.24) is 4.90 Å². The van der Waals surface area contributed by atoms with Crippen LogP contribution >= 0.6 is 23.4 Å². The number of thioether (sulfide) groups is 1. The summed E-state index contributed by atoms with van der Waals surface area (Å²) in [7, 11) is 0. The van der Waals surface area contributed by atoms with Crippen LogP contribution in [0.2, 0.25) is 5.02 Å². The van der Waals surface area contributed by atoms with Gasteiger partial charge in [0.05, 0.1) is 5.69 Å². The molecule has 1 unspecified atom stereocenters. The van der Waals surface area contributed by atoms with E-state index < -0.39 is 5.25 Å². The van der Waals surface area contributed by atoms with E-state index in [-0.39, 0.29) is 24.2 Å². The maximum Gasteiger partial charge on any atom is 0.242 e. The summed E-state index contributed by atoms with van der Waals surface area (Å²) in [5, 5.41) is 3.64. The predicted octanol–water partition coefficient (Wildman–Crippen LogP) is 5.88. The molecule has 1 N–H and O–H groups in total. The van der Waals surface area contributed by atoms with E-state index in [4.69, 9.17) is 16.6 Å². The highest BCUT2D eigenvalue weighted by atomic mass is 35.5. The molecule has 0 radical (unpaired) electrons. The van der Waals surface area contributed by atoms with E-state index in [2.05, 4.69) is 19.2 Å². The van der Waals surface area contributed by atoms with E-state index in [0.717, 1.165) is 22.4 Å². The van der Waals surface area contributed by atoms with Gasteiger partial charge in [0.1, 0.15) is 5.25 Å². The van der Waals surface area contributed by atoms with E-state index in [9.17, 15) is 9.59 Å². The first-order valence-electron chi connectivity index (χ1n) is 10.3. The van der Waals surface area contributed by atoms with E-state index in [1.54, 1.807) is 23.1 Å². The Labute approximate surface area is 193 Å². The molecular weight excluding hydrogens is 430 g/mol. The number of hydrogen-bond acceptors (Lipinski definition) is 4. The number of aliphatic imine (C=N–C) groups is 1. The Morgan fingerprint density at radius 1 is 1.23 bits per heavy atom. The average Bonchev–Trinajstić information content (AvgIpc) is 2.96. The Bertz CT molecular complexity index is 1040. The molecule has 1 aliphatic rings. The number of carbonyl (C=O) groups is 2. The fraction of sp³-hybridized carbons (Fsp3) is 0.375. The molecule has 1 saturated heterocycles. The number of benzene rings is 2. The Morgan fingerprint density at radius 2 is 1.97 bits per heavy atom. The zero-order valence-electron chi connectivity index (χ0n) is 18.5. The van der Waals surface area contributed by atoms with Crippen molar-refractivity contribution in [3.05, 3.63) is 58.1 Å². The van der Waals surface area contributed by atoms with E-state index in [1.165, 1.54) is 11.8 Å². The van der Waals surface area contributed by atoms with Crippen molar-refractivity contribution in [1.29, 1.82) is 0 Å². The van der Waals surface area contributed by atoms with Gasteiger partial charge in [-0.3, -0.25) is 14.5 Å². The second-order valence-corrected chi connectivity index (χ2v) is 9.88. The smallest absolute Gasteiger partial charge is 0.242 e. The average molecular weight is 458 g/mol. The molecule has 2 aromatic rings. The summed E-state index contributed by atoms with van der Waals surface area (Å²) < 4.78 is 0. The molecule has 31 heavy (non-hydrogen) atoms. The third-order valence-corrected chi connectivity index (χ3v) is 6.65. The molecule has 0 spiro atoms. The first kappa shape index (κ1) is 23.4. The number of amides is 2. The van der Waals surface area contributed by atoms with Crippen LogP contribution in [0, 0.1) is 26.7 Å². The first-order valence-corrected chi connectivity index (χ1v) is 11.6. The van der Waals surface area contributed by atoms with Crippen LogP contribution in [0.25, 0.3) is 0 Å². The molecule has 3 rings (SSSR count). The zero-order chi connectivity index (χ0) is 22.7. The molecule has 1 fully saturated rings. The summed E-state index contributed by atoms with van der Waals surface area (Å²) >= 11 is 7.51. The van der Waals surface area contributed by atoms with Crippen LogP contribution in [-0.4, -0.2) is 33.7 Å². The standard InChI is InChI=1S/C24H28ClN3O2S/c1-14(2)13-28-23(30)21(12-22(29)26-19-8-6-7-18(25)17(19)5)31-24(28)27-20-11-15(3)9-10-16(20)4/h6-11,14,21H,12-13H2,1-5H3,(H,26,29). The van der Waals surface area contributed by atoms with Crippen molar-refractivity contribution in [3.63, 3.8) is 0 Å². The van der Waals surface area contributed by atoms with Crippen LogP contribution in [0.5, 0.6) is 0 Å². The summed E-state index contributed by atoms with van der Waals surface area (Å²) in [5.74, 6) is 0.00413. The molecule has 164 valence electrons.